The van der Waals surface area contributed by atoms with Crippen LogP contribution in [0.2, 0.25) is 0 Å². The lowest BCUT2D eigenvalue weighted by molar-refractivity contribution is 0.747. The van der Waals surface area contributed by atoms with E-state index in [9.17, 15) is 0 Å². The number of nitrogens with zero attached hydrogens (tertiary/aromatic N) is 2. The van der Waals surface area contributed by atoms with Crippen LogP contribution in [0.1, 0.15) is 36.6 Å². The monoisotopic (exact) mass is 254 g/mol. The van der Waals surface area contributed by atoms with Crippen molar-refractivity contribution in [3.63, 3.8) is 0 Å². The van der Waals surface area contributed by atoms with Crippen LogP contribution in [0.3, 0.4) is 0 Å². The van der Waals surface area contributed by atoms with Crippen molar-refractivity contribution in [3.05, 3.63) is 16.1 Å². The van der Waals surface area contributed by atoms with E-state index < -0.39 is 0 Å². The van der Waals surface area contributed by atoms with E-state index in [1.807, 2.05) is 6.20 Å². The summed E-state index contributed by atoms with van der Waals surface area (Å²) in [6.07, 6.45) is 1.93. The normalized spacial score (nSPS) is 12.0. The van der Waals surface area contributed by atoms with E-state index in [-0.39, 0.29) is 0 Å². The summed E-state index contributed by atoms with van der Waals surface area (Å²) >= 11 is 1.75. The Balaban J connectivity index is 2.54. The van der Waals surface area contributed by atoms with E-state index in [0.717, 1.165) is 25.6 Å². The highest BCUT2D eigenvalue weighted by atomic mass is 32.1. The van der Waals surface area contributed by atoms with E-state index in [4.69, 9.17) is 0 Å². The summed E-state index contributed by atoms with van der Waals surface area (Å²) in [6.45, 7) is 10.9. The quantitative estimate of drug-likeness (QED) is 0.625. The molecule has 2 N–H and O–H groups in total. The Morgan fingerprint density at radius 1 is 1.41 bits per heavy atom. The third-order valence-corrected chi connectivity index (χ3v) is 3.42. The lowest BCUT2D eigenvalue weighted by atomic mass is 10.2. The fraction of sp³-hybridized carbons (Fsp3) is 0.667. The highest BCUT2D eigenvalue weighted by molar-refractivity contribution is 7.11. The molecule has 0 aliphatic carbocycles. The van der Waals surface area contributed by atoms with Gasteiger partial charge in [-0.1, -0.05) is 6.92 Å². The van der Waals surface area contributed by atoms with Crippen molar-refractivity contribution >= 4 is 17.3 Å². The second-order valence-electron chi connectivity index (χ2n) is 3.96. The minimum absolute atomic E-state index is 0.376. The van der Waals surface area contributed by atoms with Crippen molar-refractivity contribution in [1.82, 2.24) is 15.6 Å². The number of nitrogens with one attached hydrogen (secondary N) is 2. The van der Waals surface area contributed by atoms with Gasteiger partial charge in [-0.2, -0.15) is 0 Å². The van der Waals surface area contributed by atoms with Gasteiger partial charge in [0.1, 0.15) is 0 Å². The Morgan fingerprint density at radius 2 is 2.06 bits per heavy atom. The van der Waals surface area contributed by atoms with Crippen LogP contribution >= 0.6 is 11.3 Å². The fourth-order valence-corrected chi connectivity index (χ4v) is 2.23. The molecule has 0 spiro atoms. The molecule has 0 fully saturated rings. The minimum Gasteiger partial charge on any atom is -0.357 e. The van der Waals surface area contributed by atoms with Gasteiger partial charge in [0.25, 0.3) is 0 Å². The third kappa shape index (κ3) is 4.73. The topological polar surface area (TPSA) is 49.3 Å². The third-order valence-electron chi connectivity index (χ3n) is 2.27. The van der Waals surface area contributed by atoms with Gasteiger partial charge in [0, 0.05) is 30.1 Å². The molecule has 1 aromatic heterocycles. The summed E-state index contributed by atoms with van der Waals surface area (Å²) in [4.78, 5) is 10.2. The predicted octanol–water partition coefficient (Wildman–Crippen LogP) is 2.13. The molecule has 0 aliphatic rings. The zero-order valence-corrected chi connectivity index (χ0v) is 11.9. The summed E-state index contributed by atoms with van der Waals surface area (Å²) in [5.41, 5.74) is 0. The lowest BCUT2D eigenvalue weighted by Crippen LogP contribution is -2.37. The van der Waals surface area contributed by atoms with E-state index >= 15 is 0 Å². The van der Waals surface area contributed by atoms with Crippen LogP contribution in [0, 0.1) is 6.92 Å². The zero-order valence-electron chi connectivity index (χ0n) is 11.1. The molecule has 96 valence electrons. The molecule has 1 aromatic rings. The van der Waals surface area contributed by atoms with E-state index in [1.54, 1.807) is 11.3 Å². The number of guanidine groups is 1. The predicted molar refractivity (Wildman–Crippen MR) is 74.9 cm³/mol. The van der Waals surface area contributed by atoms with Crippen LogP contribution in [0.15, 0.2) is 11.2 Å². The number of aryl methyl sites for hydroxylation is 1. The van der Waals surface area contributed by atoms with Crippen LogP contribution in [0.25, 0.3) is 0 Å². The summed E-state index contributed by atoms with van der Waals surface area (Å²) < 4.78 is 0. The summed E-state index contributed by atoms with van der Waals surface area (Å²) in [6, 6.07) is 0. The van der Waals surface area contributed by atoms with Gasteiger partial charge in [-0.25, -0.2) is 4.98 Å². The van der Waals surface area contributed by atoms with Gasteiger partial charge < -0.3 is 10.6 Å². The van der Waals surface area contributed by atoms with Gasteiger partial charge in [0.15, 0.2) is 5.96 Å². The molecule has 1 rings (SSSR count). The zero-order chi connectivity index (χ0) is 12.7. The summed E-state index contributed by atoms with van der Waals surface area (Å²) in [7, 11) is 0. The van der Waals surface area contributed by atoms with Gasteiger partial charge >= 0.3 is 0 Å². The van der Waals surface area contributed by atoms with Crippen LogP contribution in [0.5, 0.6) is 0 Å². The average Bonchev–Trinajstić information content (AvgIpc) is 2.73. The molecule has 0 aliphatic heterocycles. The first-order chi connectivity index (χ1) is 8.17. The van der Waals surface area contributed by atoms with Crippen LogP contribution in [-0.2, 0) is 0 Å². The molecule has 17 heavy (non-hydrogen) atoms. The van der Waals surface area contributed by atoms with Gasteiger partial charge in [-0.05, 0) is 20.8 Å². The number of rotatable bonds is 5. The first kappa shape index (κ1) is 14.0. The first-order valence-corrected chi connectivity index (χ1v) is 6.93. The maximum Gasteiger partial charge on any atom is 0.191 e. The molecule has 5 heteroatoms. The highest BCUT2D eigenvalue weighted by Gasteiger charge is 2.09. The molecule has 0 saturated heterocycles. The van der Waals surface area contributed by atoms with Crippen molar-refractivity contribution in [2.24, 2.45) is 4.99 Å². The van der Waals surface area contributed by atoms with Crippen molar-refractivity contribution in [1.29, 1.82) is 0 Å². The Labute approximate surface area is 108 Å². The Hall–Kier alpha value is -1.10. The van der Waals surface area contributed by atoms with Gasteiger partial charge in [-0.3, -0.25) is 4.99 Å². The van der Waals surface area contributed by atoms with Crippen molar-refractivity contribution in [2.45, 2.75) is 33.6 Å². The Morgan fingerprint density at radius 3 is 2.53 bits per heavy atom. The van der Waals surface area contributed by atoms with E-state index in [0.29, 0.717) is 5.92 Å². The van der Waals surface area contributed by atoms with Crippen LogP contribution in [-0.4, -0.2) is 30.6 Å². The molecule has 0 bridgehead atoms. The molecule has 0 amide bonds. The van der Waals surface area contributed by atoms with Crippen molar-refractivity contribution in [3.8, 4) is 0 Å². The molecular formula is C12H22N4S. The maximum atomic E-state index is 4.55. The largest absolute Gasteiger partial charge is 0.357 e. The lowest BCUT2D eigenvalue weighted by Gasteiger charge is -2.10. The molecule has 0 unspecified atom stereocenters. The molecule has 0 radical (unpaired) electrons. The molecule has 1 heterocycles. The number of thiazole rings is 1. The van der Waals surface area contributed by atoms with Gasteiger partial charge in [-0.15, -0.1) is 11.3 Å². The van der Waals surface area contributed by atoms with E-state index in [1.165, 1.54) is 9.88 Å². The molecule has 1 atom stereocenters. The standard InChI is InChI=1S/C12H22N4S/c1-5-13-12(14-6-2)16-7-9(3)11-15-8-10(4)17-11/h8-9H,5-7H2,1-4H3,(H2,13,14,16)/t9-/m0/s1. The Bertz CT molecular complexity index is 351. The average molecular weight is 254 g/mol. The second-order valence-corrected chi connectivity index (χ2v) is 5.23. The van der Waals surface area contributed by atoms with Crippen molar-refractivity contribution < 1.29 is 0 Å². The van der Waals surface area contributed by atoms with E-state index in [2.05, 4.69) is 48.3 Å². The molecule has 0 aromatic carbocycles. The number of hydrogen-bond acceptors (Lipinski definition) is 3. The van der Waals surface area contributed by atoms with Crippen LogP contribution in [0.4, 0.5) is 0 Å². The number of aromatic nitrogens is 1. The summed E-state index contributed by atoms with van der Waals surface area (Å²) in [5.74, 6) is 1.26. The summed E-state index contributed by atoms with van der Waals surface area (Å²) in [5, 5.41) is 7.60. The highest BCUT2D eigenvalue weighted by Crippen LogP contribution is 2.20. The number of hydrogen-bond donors (Lipinski definition) is 2. The van der Waals surface area contributed by atoms with Gasteiger partial charge in [0.2, 0.25) is 0 Å². The fourth-order valence-electron chi connectivity index (χ4n) is 1.42. The van der Waals surface area contributed by atoms with Gasteiger partial charge in [0.05, 0.1) is 11.6 Å². The molecule has 0 saturated carbocycles. The SMILES string of the molecule is CCNC(=NC[C@H](C)c1ncc(C)s1)NCC. The number of aliphatic imine (C=N–C) groups is 1. The second kappa shape index (κ2) is 7.27. The van der Waals surface area contributed by atoms with Crippen LogP contribution < -0.4 is 10.6 Å². The smallest absolute Gasteiger partial charge is 0.191 e. The first-order valence-electron chi connectivity index (χ1n) is 6.11. The maximum absolute atomic E-state index is 4.55. The minimum atomic E-state index is 0.376. The molecular weight excluding hydrogens is 232 g/mol. The molecule has 4 nitrogen and oxygen atoms in total. The Kier molecular flexibility index (Phi) is 5.97. The van der Waals surface area contributed by atoms with Crippen molar-refractivity contribution in [2.75, 3.05) is 19.6 Å².